The molecule has 1 aliphatic carbocycles. The lowest BCUT2D eigenvalue weighted by molar-refractivity contribution is 0.390. The second kappa shape index (κ2) is 15.5. The molecule has 0 saturated heterocycles. The number of nitrogens with zero attached hydrogens (tertiary/aromatic N) is 2. The summed E-state index contributed by atoms with van der Waals surface area (Å²) < 4.78 is 0. The third-order valence-electron chi connectivity index (χ3n) is 8.94. The summed E-state index contributed by atoms with van der Waals surface area (Å²) in [6.45, 7) is 8.88. The lowest BCUT2D eigenvalue weighted by atomic mass is 9.91. The van der Waals surface area contributed by atoms with Gasteiger partial charge in [-0.3, -0.25) is 9.98 Å². The van der Waals surface area contributed by atoms with Crippen LogP contribution in [0.15, 0.2) is 94.9 Å². The van der Waals surface area contributed by atoms with Gasteiger partial charge in [0.15, 0.2) is 0 Å². The molecule has 0 aromatic heterocycles. The van der Waals surface area contributed by atoms with Gasteiger partial charge in [-0.15, -0.1) is 0 Å². The molecule has 1 saturated carbocycles. The van der Waals surface area contributed by atoms with Crippen LogP contribution in [0.2, 0.25) is 0 Å². The van der Waals surface area contributed by atoms with Gasteiger partial charge in [-0.1, -0.05) is 113 Å². The molecule has 4 heteroatoms. The van der Waals surface area contributed by atoms with Gasteiger partial charge >= 0.3 is 0 Å². The maximum absolute atomic E-state index is 5.18. The molecule has 44 heavy (non-hydrogen) atoms. The number of benzene rings is 4. The summed E-state index contributed by atoms with van der Waals surface area (Å²) in [6, 6.07) is 30.6. The van der Waals surface area contributed by atoms with Crippen LogP contribution < -0.4 is 10.6 Å². The van der Waals surface area contributed by atoms with Crippen molar-refractivity contribution in [3.63, 3.8) is 0 Å². The van der Waals surface area contributed by atoms with Crippen LogP contribution in [0, 0.1) is 0 Å². The molecule has 2 atom stereocenters. The quantitative estimate of drug-likeness (QED) is 0.163. The predicted molar refractivity (Wildman–Crippen MR) is 191 cm³/mol. The van der Waals surface area contributed by atoms with Crippen LogP contribution in [0.1, 0.15) is 86.8 Å². The number of para-hydroxylation sites is 4. The summed E-state index contributed by atoms with van der Waals surface area (Å²) in [5.41, 5.74) is 12.3. The molecule has 2 N–H and O–H groups in total. The number of nitrogens with one attached hydrogen (secondary N) is 2. The van der Waals surface area contributed by atoms with Crippen molar-refractivity contribution in [1.29, 1.82) is 0 Å². The molecule has 1 aliphatic rings. The van der Waals surface area contributed by atoms with Gasteiger partial charge < -0.3 is 10.6 Å². The summed E-state index contributed by atoms with van der Waals surface area (Å²) in [4.78, 5) is 10.4. The molecular weight excluding hydrogens is 536 g/mol. The van der Waals surface area contributed by atoms with Crippen LogP contribution in [0.25, 0.3) is 0 Å². The maximum Gasteiger partial charge on any atom is 0.0723 e. The van der Waals surface area contributed by atoms with Gasteiger partial charge in [0.1, 0.15) is 0 Å². The van der Waals surface area contributed by atoms with E-state index < -0.39 is 0 Å². The summed E-state index contributed by atoms with van der Waals surface area (Å²) in [7, 11) is 0. The van der Waals surface area contributed by atoms with Crippen molar-refractivity contribution in [2.24, 2.45) is 9.98 Å². The highest BCUT2D eigenvalue weighted by Crippen LogP contribution is 2.30. The van der Waals surface area contributed by atoms with Crippen molar-refractivity contribution in [2.75, 3.05) is 10.6 Å². The molecule has 0 amide bonds. The second-order valence-electron chi connectivity index (χ2n) is 11.7. The minimum absolute atomic E-state index is 0.176. The number of hydrogen-bond acceptors (Lipinski definition) is 4. The van der Waals surface area contributed by atoms with E-state index in [0.717, 1.165) is 61.0 Å². The second-order valence-corrected chi connectivity index (χ2v) is 11.7. The average molecular weight is 585 g/mol. The molecule has 4 nitrogen and oxygen atoms in total. The lowest BCUT2D eigenvalue weighted by Gasteiger charge is -2.26. The highest BCUT2D eigenvalue weighted by molar-refractivity contribution is 5.91. The minimum Gasteiger partial charge on any atom is -0.355 e. The summed E-state index contributed by atoms with van der Waals surface area (Å²) in [5, 5.41) is 7.54. The SMILES string of the molecule is CCc1cccc(CC)c1Nc1ccccc1C=N[C@@H]1CCCC[C@H]1N=Cc1ccccc1Nc1c(CC)cccc1CC. The number of rotatable bonds is 12. The zero-order chi connectivity index (χ0) is 30.7. The molecule has 4 aromatic carbocycles. The number of aliphatic imine (C=N–C) groups is 2. The molecule has 0 spiro atoms. The van der Waals surface area contributed by atoms with Crippen LogP contribution in [0.4, 0.5) is 22.7 Å². The number of hydrogen-bond donors (Lipinski definition) is 2. The molecule has 0 heterocycles. The molecule has 228 valence electrons. The Bertz CT molecular complexity index is 1420. The van der Waals surface area contributed by atoms with Gasteiger partial charge in [0, 0.05) is 46.3 Å². The normalized spacial score (nSPS) is 16.9. The van der Waals surface area contributed by atoms with E-state index in [1.165, 1.54) is 46.5 Å². The number of anilines is 4. The van der Waals surface area contributed by atoms with Gasteiger partial charge in [0.2, 0.25) is 0 Å². The van der Waals surface area contributed by atoms with Crippen LogP contribution in [-0.2, 0) is 25.7 Å². The lowest BCUT2D eigenvalue weighted by Crippen LogP contribution is -2.27. The van der Waals surface area contributed by atoms with E-state index in [1.807, 2.05) is 0 Å². The van der Waals surface area contributed by atoms with Gasteiger partial charge in [-0.2, -0.15) is 0 Å². The van der Waals surface area contributed by atoms with Gasteiger partial charge in [0.25, 0.3) is 0 Å². The van der Waals surface area contributed by atoms with Crippen molar-refractivity contribution in [3.8, 4) is 0 Å². The Morgan fingerprint density at radius 2 is 0.886 bits per heavy atom. The van der Waals surface area contributed by atoms with Crippen LogP contribution >= 0.6 is 0 Å². The van der Waals surface area contributed by atoms with E-state index in [4.69, 9.17) is 9.98 Å². The van der Waals surface area contributed by atoms with Crippen LogP contribution in [-0.4, -0.2) is 24.5 Å². The van der Waals surface area contributed by atoms with E-state index >= 15 is 0 Å². The third kappa shape index (κ3) is 7.48. The molecule has 0 unspecified atom stereocenters. The van der Waals surface area contributed by atoms with Gasteiger partial charge in [-0.25, -0.2) is 0 Å². The zero-order valence-corrected chi connectivity index (χ0v) is 26.9. The van der Waals surface area contributed by atoms with Crippen molar-refractivity contribution in [2.45, 2.75) is 91.1 Å². The smallest absolute Gasteiger partial charge is 0.0723 e. The van der Waals surface area contributed by atoms with Gasteiger partial charge in [-0.05, 0) is 72.9 Å². The first kappa shape index (κ1) is 31.3. The molecular formula is C40H48N4. The molecule has 0 radical (unpaired) electrons. The topological polar surface area (TPSA) is 48.8 Å². The maximum atomic E-state index is 5.18. The van der Waals surface area contributed by atoms with E-state index in [1.54, 1.807) is 0 Å². The highest BCUT2D eigenvalue weighted by Gasteiger charge is 2.23. The van der Waals surface area contributed by atoms with E-state index in [2.05, 4.69) is 136 Å². The van der Waals surface area contributed by atoms with Crippen molar-refractivity contribution in [1.82, 2.24) is 0 Å². The molecule has 0 aliphatic heterocycles. The predicted octanol–water partition coefficient (Wildman–Crippen LogP) is 10.3. The monoisotopic (exact) mass is 584 g/mol. The fourth-order valence-electron chi connectivity index (χ4n) is 6.31. The van der Waals surface area contributed by atoms with E-state index in [9.17, 15) is 0 Å². The number of aryl methyl sites for hydroxylation is 4. The Labute approximate surface area is 264 Å². The Hall–Kier alpha value is -4.18. The highest BCUT2D eigenvalue weighted by atomic mass is 14.9. The minimum atomic E-state index is 0.176. The Balaban J connectivity index is 1.36. The van der Waals surface area contributed by atoms with Gasteiger partial charge in [0.05, 0.1) is 12.1 Å². The summed E-state index contributed by atoms with van der Waals surface area (Å²) in [5.74, 6) is 0. The van der Waals surface area contributed by atoms with Crippen molar-refractivity contribution < 1.29 is 0 Å². The third-order valence-corrected chi connectivity index (χ3v) is 8.94. The average Bonchev–Trinajstić information content (AvgIpc) is 3.08. The largest absolute Gasteiger partial charge is 0.355 e. The van der Waals surface area contributed by atoms with E-state index in [0.29, 0.717) is 0 Å². The molecule has 4 aromatic rings. The fraction of sp³-hybridized carbons (Fsp3) is 0.350. The first-order valence-electron chi connectivity index (χ1n) is 16.6. The molecule has 5 rings (SSSR count). The standard InChI is InChI=1S/C40H48N4/c1-5-29-19-15-20-30(6-2)39(29)43-35-23-11-9-17-33(35)27-41-37-25-13-14-26-38(37)42-28-34-18-10-12-24-36(34)44-40-31(7-3)21-16-22-32(40)8-4/h9-12,15-24,27-28,37-38,43-44H,5-8,13-14,25-26H2,1-4H3/t37-,38-/m1/s1. The molecule has 1 fully saturated rings. The van der Waals surface area contributed by atoms with Crippen molar-refractivity contribution >= 4 is 35.2 Å². The summed E-state index contributed by atoms with van der Waals surface area (Å²) in [6.07, 6.45) is 12.7. The first-order chi connectivity index (χ1) is 21.6. The zero-order valence-electron chi connectivity index (χ0n) is 26.9. The van der Waals surface area contributed by atoms with Crippen molar-refractivity contribution in [3.05, 3.63) is 118 Å². The Morgan fingerprint density at radius 3 is 1.25 bits per heavy atom. The summed E-state index contributed by atoms with van der Waals surface area (Å²) >= 11 is 0. The first-order valence-corrected chi connectivity index (χ1v) is 16.6. The Morgan fingerprint density at radius 1 is 0.523 bits per heavy atom. The van der Waals surface area contributed by atoms with E-state index in [-0.39, 0.29) is 12.1 Å². The fourth-order valence-corrected chi connectivity index (χ4v) is 6.31. The molecule has 0 bridgehead atoms. The van der Waals surface area contributed by atoms with Crippen LogP contribution in [0.3, 0.4) is 0 Å². The van der Waals surface area contributed by atoms with Crippen LogP contribution in [0.5, 0.6) is 0 Å². The Kier molecular flexibility index (Phi) is 11.0.